The molecule has 5 heteroatoms. The highest BCUT2D eigenvalue weighted by atomic mass is 16.5. The predicted octanol–water partition coefficient (Wildman–Crippen LogP) is 0.955. The number of nitrogen functional groups attached to an aromatic ring is 1. The van der Waals surface area contributed by atoms with Crippen LogP contribution in [0.15, 0.2) is 16.9 Å². The number of rotatable bonds is 1. The molecule has 0 saturated carbocycles. The minimum Gasteiger partial charge on any atom is -0.367 e. The number of aromatic amines is 1. The van der Waals surface area contributed by atoms with Crippen LogP contribution in [0.1, 0.15) is 5.56 Å². The zero-order chi connectivity index (χ0) is 8.55. The molecule has 2 rings (SSSR count). The lowest BCUT2D eigenvalue weighted by molar-refractivity contribution is 0.439. The van der Waals surface area contributed by atoms with E-state index in [0.29, 0.717) is 5.88 Å². The molecule has 0 aliphatic carbocycles. The monoisotopic (exact) mass is 164 g/mol. The molecule has 3 N–H and O–H groups in total. The van der Waals surface area contributed by atoms with Crippen LogP contribution in [0.5, 0.6) is 0 Å². The number of hydrogen-bond donors (Lipinski definition) is 2. The number of aromatic nitrogens is 3. The molecule has 62 valence electrons. The molecule has 0 fully saturated rings. The smallest absolute Gasteiger partial charge is 0.225 e. The normalized spacial score (nSPS) is 10.4. The van der Waals surface area contributed by atoms with Crippen molar-refractivity contribution >= 4 is 5.88 Å². The van der Waals surface area contributed by atoms with Gasteiger partial charge in [0.05, 0.1) is 6.20 Å². The van der Waals surface area contributed by atoms with Gasteiger partial charge in [0.2, 0.25) is 5.88 Å². The van der Waals surface area contributed by atoms with E-state index < -0.39 is 0 Å². The highest BCUT2D eigenvalue weighted by Crippen LogP contribution is 2.24. The third kappa shape index (κ3) is 0.868. The van der Waals surface area contributed by atoms with E-state index in [4.69, 9.17) is 10.3 Å². The Balaban J connectivity index is 2.55. The van der Waals surface area contributed by atoms with Gasteiger partial charge in [-0.2, -0.15) is 5.10 Å². The minimum atomic E-state index is 0.353. The summed E-state index contributed by atoms with van der Waals surface area (Å²) in [4.78, 5) is 0. The van der Waals surface area contributed by atoms with E-state index in [2.05, 4.69) is 15.4 Å². The first kappa shape index (κ1) is 6.90. The summed E-state index contributed by atoms with van der Waals surface area (Å²) in [6.45, 7) is 1.86. The summed E-state index contributed by atoms with van der Waals surface area (Å²) in [6, 6.07) is 0. The van der Waals surface area contributed by atoms with E-state index in [9.17, 15) is 0 Å². The molecule has 0 atom stereocenters. The van der Waals surface area contributed by atoms with Crippen molar-refractivity contribution in [3.63, 3.8) is 0 Å². The summed E-state index contributed by atoms with van der Waals surface area (Å²) >= 11 is 0. The Labute approximate surface area is 68.6 Å². The maximum atomic E-state index is 5.49. The number of H-pyrrole nitrogens is 1. The lowest BCUT2D eigenvalue weighted by Gasteiger charge is -1.88. The summed E-state index contributed by atoms with van der Waals surface area (Å²) in [5.41, 5.74) is 7.95. The molecular weight excluding hydrogens is 156 g/mol. The predicted molar refractivity (Wildman–Crippen MR) is 43.2 cm³/mol. The quantitative estimate of drug-likeness (QED) is 0.657. The van der Waals surface area contributed by atoms with Crippen molar-refractivity contribution in [2.24, 2.45) is 0 Å². The second kappa shape index (κ2) is 2.37. The van der Waals surface area contributed by atoms with Crippen molar-refractivity contribution in [2.45, 2.75) is 6.92 Å². The molecule has 0 amide bonds. The van der Waals surface area contributed by atoms with Gasteiger partial charge < -0.3 is 10.3 Å². The molecule has 0 spiro atoms. The third-order valence-corrected chi connectivity index (χ3v) is 1.73. The standard InChI is InChI=1S/C7H8N4O/c1-4-6(11-12-7(4)8)5-2-9-10-3-5/h2-3H,8H2,1H3,(H,9,10). The molecule has 2 aromatic rings. The summed E-state index contributed by atoms with van der Waals surface area (Å²) < 4.78 is 4.81. The third-order valence-electron chi connectivity index (χ3n) is 1.73. The Morgan fingerprint density at radius 3 is 2.92 bits per heavy atom. The molecular formula is C7H8N4O. The van der Waals surface area contributed by atoms with Crippen LogP contribution < -0.4 is 5.73 Å². The van der Waals surface area contributed by atoms with Crippen LogP contribution in [0.25, 0.3) is 11.3 Å². The van der Waals surface area contributed by atoms with E-state index in [1.165, 1.54) is 0 Å². The Kier molecular flexibility index (Phi) is 1.36. The van der Waals surface area contributed by atoms with Gasteiger partial charge in [-0.05, 0) is 6.92 Å². The fraction of sp³-hybridized carbons (Fsp3) is 0.143. The molecule has 0 unspecified atom stereocenters. The molecule has 12 heavy (non-hydrogen) atoms. The van der Waals surface area contributed by atoms with Gasteiger partial charge in [0.1, 0.15) is 5.69 Å². The Hall–Kier alpha value is -1.78. The van der Waals surface area contributed by atoms with Gasteiger partial charge in [-0.15, -0.1) is 0 Å². The zero-order valence-corrected chi connectivity index (χ0v) is 6.53. The fourth-order valence-electron chi connectivity index (χ4n) is 0.998. The minimum absolute atomic E-state index is 0.353. The molecule has 5 nitrogen and oxygen atoms in total. The van der Waals surface area contributed by atoms with Crippen LogP contribution in [-0.2, 0) is 0 Å². The number of nitrogens with two attached hydrogens (primary N) is 1. The maximum absolute atomic E-state index is 5.49. The van der Waals surface area contributed by atoms with Crippen LogP contribution in [0, 0.1) is 6.92 Å². The van der Waals surface area contributed by atoms with E-state index in [0.717, 1.165) is 16.8 Å². The highest BCUT2D eigenvalue weighted by molar-refractivity contribution is 5.64. The molecule has 0 radical (unpaired) electrons. The topological polar surface area (TPSA) is 80.7 Å². The number of nitrogens with one attached hydrogen (secondary N) is 1. The second-order valence-corrected chi connectivity index (χ2v) is 2.51. The molecule has 0 bridgehead atoms. The summed E-state index contributed by atoms with van der Waals surface area (Å²) in [5.74, 6) is 0.353. The van der Waals surface area contributed by atoms with Crippen LogP contribution in [-0.4, -0.2) is 15.4 Å². The average molecular weight is 164 g/mol. The van der Waals surface area contributed by atoms with Crippen molar-refractivity contribution in [3.8, 4) is 11.3 Å². The van der Waals surface area contributed by atoms with E-state index in [1.807, 2.05) is 6.92 Å². The van der Waals surface area contributed by atoms with Gasteiger partial charge in [0, 0.05) is 17.3 Å². The lowest BCUT2D eigenvalue weighted by atomic mass is 10.2. The molecule has 0 saturated heterocycles. The van der Waals surface area contributed by atoms with Crippen molar-refractivity contribution in [2.75, 3.05) is 5.73 Å². The van der Waals surface area contributed by atoms with Gasteiger partial charge in [0.15, 0.2) is 0 Å². The van der Waals surface area contributed by atoms with Gasteiger partial charge in [-0.3, -0.25) is 5.10 Å². The number of anilines is 1. The molecule has 0 aliphatic rings. The van der Waals surface area contributed by atoms with Crippen LogP contribution in [0.3, 0.4) is 0 Å². The summed E-state index contributed by atoms with van der Waals surface area (Å²) in [7, 11) is 0. The van der Waals surface area contributed by atoms with Gasteiger partial charge in [-0.25, -0.2) is 0 Å². The first-order valence-corrected chi connectivity index (χ1v) is 3.50. The van der Waals surface area contributed by atoms with Crippen molar-refractivity contribution in [1.82, 2.24) is 15.4 Å². The van der Waals surface area contributed by atoms with E-state index in [1.54, 1.807) is 12.4 Å². The van der Waals surface area contributed by atoms with Gasteiger partial charge >= 0.3 is 0 Å². The Morgan fingerprint density at radius 2 is 2.42 bits per heavy atom. The average Bonchev–Trinajstić information content (AvgIpc) is 2.64. The first-order chi connectivity index (χ1) is 5.79. The van der Waals surface area contributed by atoms with Crippen LogP contribution in [0.4, 0.5) is 5.88 Å². The molecule has 0 aliphatic heterocycles. The van der Waals surface area contributed by atoms with E-state index >= 15 is 0 Å². The van der Waals surface area contributed by atoms with Gasteiger partial charge in [0.25, 0.3) is 0 Å². The first-order valence-electron chi connectivity index (χ1n) is 3.50. The molecule has 2 heterocycles. The Bertz CT molecular complexity index is 376. The molecule has 0 aromatic carbocycles. The van der Waals surface area contributed by atoms with Gasteiger partial charge in [-0.1, -0.05) is 5.16 Å². The molecule has 2 aromatic heterocycles. The van der Waals surface area contributed by atoms with Crippen LogP contribution in [0.2, 0.25) is 0 Å². The lowest BCUT2D eigenvalue weighted by Crippen LogP contribution is -1.83. The van der Waals surface area contributed by atoms with Crippen molar-refractivity contribution in [3.05, 3.63) is 18.0 Å². The van der Waals surface area contributed by atoms with E-state index in [-0.39, 0.29) is 0 Å². The number of nitrogens with zero attached hydrogens (tertiary/aromatic N) is 2. The fourth-order valence-corrected chi connectivity index (χ4v) is 0.998. The van der Waals surface area contributed by atoms with Crippen molar-refractivity contribution in [1.29, 1.82) is 0 Å². The Morgan fingerprint density at radius 1 is 1.58 bits per heavy atom. The number of hydrogen-bond acceptors (Lipinski definition) is 4. The summed E-state index contributed by atoms with van der Waals surface area (Å²) in [5, 5.41) is 10.3. The highest BCUT2D eigenvalue weighted by Gasteiger charge is 2.10. The zero-order valence-electron chi connectivity index (χ0n) is 6.53. The van der Waals surface area contributed by atoms with Crippen LogP contribution >= 0.6 is 0 Å². The SMILES string of the molecule is Cc1c(-c2cn[nH]c2)noc1N. The van der Waals surface area contributed by atoms with Crippen molar-refractivity contribution < 1.29 is 4.52 Å². The summed E-state index contributed by atoms with van der Waals surface area (Å²) in [6.07, 6.45) is 3.41. The largest absolute Gasteiger partial charge is 0.367 e. The maximum Gasteiger partial charge on any atom is 0.225 e. The second-order valence-electron chi connectivity index (χ2n) is 2.51.